The molecule has 1 aromatic rings. The number of nitrogen functional groups attached to an aromatic ring is 1. The predicted octanol–water partition coefficient (Wildman–Crippen LogP) is 3.06. The molecule has 0 saturated carbocycles. The van der Waals surface area contributed by atoms with Crippen molar-refractivity contribution in [2.75, 3.05) is 12.3 Å². The molecule has 0 aliphatic carbocycles. The molecule has 0 radical (unpaired) electrons. The first-order valence-corrected chi connectivity index (χ1v) is 6.52. The summed E-state index contributed by atoms with van der Waals surface area (Å²) in [7, 11) is 0. The molecule has 1 rings (SSSR count). The Bertz CT molecular complexity index is 473. The number of aromatic carboxylic acids is 1. The Morgan fingerprint density at radius 1 is 1.25 bits per heavy atom. The highest BCUT2D eigenvalue weighted by Gasteiger charge is 2.15. The largest absolute Gasteiger partial charge is 0.513 e. The van der Waals surface area contributed by atoms with Crippen LogP contribution in [0.15, 0.2) is 18.2 Å². The summed E-state index contributed by atoms with van der Waals surface area (Å²) in [6.07, 6.45) is 2.98. The minimum Gasteiger partial charge on any atom is -0.478 e. The normalized spacial score (nSPS) is 10.1. The number of nitrogens with two attached hydrogens (primary N) is 1. The van der Waals surface area contributed by atoms with Crippen molar-refractivity contribution in [2.45, 2.75) is 32.6 Å². The molecule has 6 nitrogen and oxygen atoms in total. The van der Waals surface area contributed by atoms with E-state index in [4.69, 9.17) is 20.3 Å². The van der Waals surface area contributed by atoms with Crippen molar-refractivity contribution >= 4 is 17.8 Å². The van der Waals surface area contributed by atoms with Crippen molar-refractivity contribution in [2.24, 2.45) is 0 Å². The third-order valence-electron chi connectivity index (χ3n) is 2.65. The van der Waals surface area contributed by atoms with Gasteiger partial charge in [-0.15, -0.1) is 0 Å². The number of hydrogen-bond donors (Lipinski definition) is 2. The van der Waals surface area contributed by atoms with E-state index in [2.05, 4.69) is 6.92 Å². The third-order valence-corrected chi connectivity index (χ3v) is 2.65. The Balaban J connectivity index is 2.53. The average molecular weight is 281 g/mol. The summed E-state index contributed by atoms with van der Waals surface area (Å²) < 4.78 is 9.74. The predicted molar refractivity (Wildman–Crippen MR) is 73.9 cm³/mol. The van der Waals surface area contributed by atoms with Gasteiger partial charge in [0.25, 0.3) is 0 Å². The SMILES string of the molecule is CCCCCCOC(=O)Oc1cc(N)ccc1C(=O)O. The first-order chi connectivity index (χ1) is 9.54. The maximum atomic E-state index is 11.5. The van der Waals surface area contributed by atoms with Crippen molar-refractivity contribution in [1.82, 2.24) is 0 Å². The van der Waals surface area contributed by atoms with Crippen molar-refractivity contribution in [1.29, 1.82) is 0 Å². The van der Waals surface area contributed by atoms with E-state index in [-0.39, 0.29) is 17.9 Å². The zero-order chi connectivity index (χ0) is 15.0. The fraction of sp³-hybridized carbons (Fsp3) is 0.429. The number of anilines is 1. The lowest BCUT2D eigenvalue weighted by Gasteiger charge is -2.08. The first kappa shape index (κ1) is 15.8. The molecule has 0 aliphatic heterocycles. The molecule has 0 spiro atoms. The Kier molecular flexibility index (Phi) is 6.36. The Hall–Kier alpha value is -2.24. The molecule has 0 atom stereocenters. The molecule has 0 aromatic heterocycles. The molecule has 0 heterocycles. The van der Waals surface area contributed by atoms with Crippen LogP contribution in [0.3, 0.4) is 0 Å². The van der Waals surface area contributed by atoms with Gasteiger partial charge in [0.1, 0.15) is 5.56 Å². The van der Waals surface area contributed by atoms with Crippen LogP contribution in [0, 0.1) is 0 Å². The van der Waals surface area contributed by atoms with Gasteiger partial charge in [0.05, 0.1) is 6.61 Å². The van der Waals surface area contributed by atoms with Crippen LogP contribution in [0.4, 0.5) is 10.5 Å². The number of carbonyl (C=O) groups excluding carboxylic acids is 1. The molecule has 0 saturated heterocycles. The van der Waals surface area contributed by atoms with Gasteiger partial charge in [-0.2, -0.15) is 0 Å². The highest BCUT2D eigenvalue weighted by molar-refractivity contribution is 5.92. The Morgan fingerprint density at radius 2 is 2.00 bits per heavy atom. The summed E-state index contributed by atoms with van der Waals surface area (Å²) in [5.41, 5.74) is 5.70. The van der Waals surface area contributed by atoms with Crippen LogP contribution < -0.4 is 10.5 Å². The molecule has 0 fully saturated rings. The van der Waals surface area contributed by atoms with E-state index in [1.54, 1.807) is 0 Å². The van der Waals surface area contributed by atoms with Crippen LogP contribution in [0.2, 0.25) is 0 Å². The van der Waals surface area contributed by atoms with E-state index in [0.717, 1.165) is 25.7 Å². The molecule has 0 unspecified atom stereocenters. The second kappa shape index (κ2) is 8.04. The molecule has 0 amide bonds. The van der Waals surface area contributed by atoms with E-state index in [0.29, 0.717) is 5.69 Å². The van der Waals surface area contributed by atoms with E-state index in [9.17, 15) is 9.59 Å². The Labute approximate surface area is 117 Å². The molecule has 3 N–H and O–H groups in total. The van der Waals surface area contributed by atoms with E-state index in [1.807, 2.05) is 0 Å². The topological polar surface area (TPSA) is 98.9 Å². The smallest absolute Gasteiger partial charge is 0.478 e. The van der Waals surface area contributed by atoms with Gasteiger partial charge in [-0.3, -0.25) is 0 Å². The lowest BCUT2D eigenvalue weighted by Crippen LogP contribution is -2.14. The van der Waals surface area contributed by atoms with Crippen molar-refractivity contribution in [3.8, 4) is 5.75 Å². The second-order valence-electron chi connectivity index (χ2n) is 4.32. The highest BCUT2D eigenvalue weighted by Crippen LogP contribution is 2.22. The second-order valence-corrected chi connectivity index (χ2v) is 4.32. The summed E-state index contributed by atoms with van der Waals surface area (Å²) in [5.74, 6) is -1.31. The van der Waals surface area contributed by atoms with Crippen molar-refractivity contribution in [3.63, 3.8) is 0 Å². The minimum absolute atomic E-state index is 0.115. The zero-order valence-electron chi connectivity index (χ0n) is 11.4. The quantitative estimate of drug-likeness (QED) is 0.345. The van der Waals surface area contributed by atoms with Gasteiger partial charge in [-0.25, -0.2) is 9.59 Å². The maximum absolute atomic E-state index is 11.5. The van der Waals surface area contributed by atoms with Gasteiger partial charge >= 0.3 is 12.1 Å². The highest BCUT2D eigenvalue weighted by atomic mass is 16.7. The summed E-state index contributed by atoms with van der Waals surface area (Å²) in [4.78, 5) is 22.4. The fourth-order valence-corrected chi connectivity index (χ4v) is 1.60. The number of carbonyl (C=O) groups is 2. The number of benzene rings is 1. The van der Waals surface area contributed by atoms with Gasteiger partial charge < -0.3 is 20.3 Å². The molecular formula is C14H19NO5. The van der Waals surface area contributed by atoms with E-state index in [1.165, 1.54) is 18.2 Å². The zero-order valence-corrected chi connectivity index (χ0v) is 11.4. The number of hydrogen-bond acceptors (Lipinski definition) is 5. The molecular weight excluding hydrogens is 262 g/mol. The molecule has 0 aliphatic rings. The van der Waals surface area contributed by atoms with Gasteiger partial charge in [0.2, 0.25) is 0 Å². The Morgan fingerprint density at radius 3 is 2.65 bits per heavy atom. The fourth-order valence-electron chi connectivity index (χ4n) is 1.60. The van der Waals surface area contributed by atoms with Gasteiger partial charge in [-0.1, -0.05) is 26.2 Å². The summed E-state index contributed by atoms with van der Waals surface area (Å²) >= 11 is 0. The molecule has 110 valence electrons. The number of unbranched alkanes of at least 4 members (excludes halogenated alkanes) is 3. The summed E-state index contributed by atoms with van der Waals surface area (Å²) in [6.45, 7) is 2.34. The molecule has 0 bridgehead atoms. The summed E-state index contributed by atoms with van der Waals surface area (Å²) in [6, 6.07) is 3.98. The van der Waals surface area contributed by atoms with Gasteiger partial charge in [-0.05, 0) is 18.6 Å². The average Bonchev–Trinajstić information content (AvgIpc) is 2.38. The third kappa shape index (κ3) is 5.17. The number of carboxylic acids is 1. The van der Waals surface area contributed by atoms with Crippen LogP contribution >= 0.6 is 0 Å². The van der Waals surface area contributed by atoms with Crippen LogP contribution in [0.5, 0.6) is 5.75 Å². The van der Waals surface area contributed by atoms with Crippen molar-refractivity contribution in [3.05, 3.63) is 23.8 Å². The summed E-state index contributed by atoms with van der Waals surface area (Å²) in [5, 5.41) is 8.97. The van der Waals surface area contributed by atoms with Crippen LogP contribution in [0.1, 0.15) is 43.0 Å². The number of rotatable bonds is 7. The minimum atomic E-state index is -1.20. The number of ether oxygens (including phenoxy) is 2. The first-order valence-electron chi connectivity index (χ1n) is 6.52. The maximum Gasteiger partial charge on any atom is 0.513 e. The standard InChI is InChI=1S/C14H19NO5/c1-2-3-4-5-8-19-14(18)20-12-9-10(15)6-7-11(12)13(16)17/h6-7,9H,2-5,8,15H2,1H3,(H,16,17). The molecule has 20 heavy (non-hydrogen) atoms. The van der Waals surface area contributed by atoms with E-state index >= 15 is 0 Å². The van der Waals surface area contributed by atoms with Gasteiger partial charge in [0, 0.05) is 11.8 Å². The van der Waals surface area contributed by atoms with E-state index < -0.39 is 12.1 Å². The molecule has 1 aromatic carbocycles. The molecule has 6 heteroatoms. The van der Waals surface area contributed by atoms with Crippen LogP contribution in [0.25, 0.3) is 0 Å². The lowest BCUT2D eigenvalue weighted by atomic mass is 10.2. The van der Waals surface area contributed by atoms with Crippen LogP contribution in [-0.4, -0.2) is 23.8 Å². The lowest BCUT2D eigenvalue weighted by molar-refractivity contribution is 0.0689. The van der Waals surface area contributed by atoms with Gasteiger partial charge in [0.15, 0.2) is 5.75 Å². The number of carboxylic acid groups (broad SMARTS) is 1. The van der Waals surface area contributed by atoms with Crippen LogP contribution in [-0.2, 0) is 4.74 Å². The monoisotopic (exact) mass is 281 g/mol. The van der Waals surface area contributed by atoms with Crippen molar-refractivity contribution < 1.29 is 24.2 Å².